The van der Waals surface area contributed by atoms with Gasteiger partial charge in [-0.05, 0) is 56.7 Å². The minimum Gasteiger partial charge on any atom is -0.384 e. The molecule has 2 aromatic rings. The van der Waals surface area contributed by atoms with E-state index in [0.29, 0.717) is 0 Å². The Hall–Kier alpha value is -2.10. The predicted octanol–water partition coefficient (Wildman–Crippen LogP) is 2.71. The lowest BCUT2D eigenvalue weighted by Crippen LogP contribution is -2.13. The number of hydrogen-bond donors (Lipinski definition) is 2. The Kier molecular flexibility index (Phi) is 3.53. The number of aromatic nitrogens is 2. The summed E-state index contributed by atoms with van der Waals surface area (Å²) >= 11 is 0. The van der Waals surface area contributed by atoms with E-state index in [1.54, 1.807) is 0 Å². The molecule has 0 saturated carbocycles. The average molecular weight is 282 g/mol. The lowest BCUT2D eigenvalue weighted by atomic mass is 10.0. The minimum absolute atomic E-state index is 0.126. The number of rotatable bonds is 3. The highest BCUT2D eigenvalue weighted by Crippen LogP contribution is 2.24. The standard InChI is InChI=1S/C17H22N4/c1-11-9-13(17(18)19)7-8-14(11)10-21-12(2)20-15-5-3-4-6-16(15)21/h7-9H,3-6,10H2,1-2H3,(H3,18,19). The lowest BCUT2D eigenvalue weighted by Gasteiger charge is -2.16. The van der Waals surface area contributed by atoms with Crippen LogP contribution in [0.15, 0.2) is 18.2 Å². The van der Waals surface area contributed by atoms with Crippen molar-refractivity contribution in [2.45, 2.75) is 46.1 Å². The van der Waals surface area contributed by atoms with Gasteiger partial charge in [0.2, 0.25) is 0 Å². The molecule has 21 heavy (non-hydrogen) atoms. The van der Waals surface area contributed by atoms with Gasteiger partial charge in [0.05, 0.1) is 5.69 Å². The van der Waals surface area contributed by atoms with Crippen LogP contribution in [0.4, 0.5) is 0 Å². The molecule has 4 nitrogen and oxygen atoms in total. The number of hydrogen-bond acceptors (Lipinski definition) is 2. The Labute approximate surface area is 125 Å². The molecule has 3 rings (SSSR count). The molecule has 1 aliphatic carbocycles. The third-order valence-electron chi connectivity index (χ3n) is 4.41. The van der Waals surface area contributed by atoms with Crippen molar-refractivity contribution in [1.82, 2.24) is 9.55 Å². The first-order valence-electron chi connectivity index (χ1n) is 7.55. The fraction of sp³-hybridized carbons (Fsp3) is 0.412. The summed E-state index contributed by atoms with van der Waals surface area (Å²) in [5.74, 6) is 1.23. The molecule has 4 heteroatoms. The normalized spacial score (nSPS) is 14.0. The van der Waals surface area contributed by atoms with Crippen LogP contribution < -0.4 is 5.73 Å². The first-order chi connectivity index (χ1) is 10.1. The van der Waals surface area contributed by atoms with E-state index in [9.17, 15) is 0 Å². The van der Waals surface area contributed by atoms with Crippen molar-refractivity contribution < 1.29 is 0 Å². The molecule has 1 heterocycles. The largest absolute Gasteiger partial charge is 0.384 e. The number of benzene rings is 1. The molecule has 0 amide bonds. The maximum atomic E-state index is 7.52. The molecule has 0 bridgehead atoms. The second-order valence-corrected chi connectivity index (χ2v) is 5.90. The van der Waals surface area contributed by atoms with E-state index in [4.69, 9.17) is 16.1 Å². The Bertz CT molecular complexity index is 697. The van der Waals surface area contributed by atoms with Gasteiger partial charge in [-0.3, -0.25) is 5.41 Å². The topological polar surface area (TPSA) is 67.7 Å². The van der Waals surface area contributed by atoms with Gasteiger partial charge in [0.25, 0.3) is 0 Å². The number of amidine groups is 1. The molecular weight excluding hydrogens is 260 g/mol. The predicted molar refractivity (Wildman–Crippen MR) is 84.9 cm³/mol. The van der Waals surface area contributed by atoms with Gasteiger partial charge in [0, 0.05) is 17.8 Å². The summed E-state index contributed by atoms with van der Waals surface area (Å²) in [7, 11) is 0. The van der Waals surface area contributed by atoms with E-state index >= 15 is 0 Å². The van der Waals surface area contributed by atoms with Gasteiger partial charge in [-0.2, -0.15) is 0 Å². The zero-order chi connectivity index (χ0) is 15.0. The van der Waals surface area contributed by atoms with Crippen LogP contribution in [0.3, 0.4) is 0 Å². The van der Waals surface area contributed by atoms with Crippen LogP contribution >= 0.6 is 0 Å². The highest BCUT2D eigenvalue weighted by atomic mass is 15.1. The molecule has 0 fully saturated rings. The van der Waals surface area contributed by atoms with Gasteiger partial charge < -0.3 is 10.3 Å². The number of imidazole rings is 1. The second kappa shape index (κ2) is 5.35. The van der Waals surface area contributed by atoms with Crippen LogP contribution in [0.5, 0.6) is 0 Å². The summed E-state index contributed by atoms with van der Waals surface area (Å²) in [4.78, 5) is 4.73. The van der Waals surface area contributed by atoms with Crippen molar-refractivity contribution in [1.29, 1.82) is 5.41 Å². The third kappa shape index (κ3) is 2.58. The molecule has 0 saturated heterocycles. The molecule has 0 radical (unpaired) electrons. The van der Waals surface area contributed by atoms with Gasteiger partial charge in [-0.1, -0.05) is 12.1 Å². The smallest absolute Gasteiger partial charge is 0.122 e. The zero-order valence-corrected chi connectivity index (χ0v) is 12.7. The van der Waals surface area contributed by atoms with E-state index < -0.39 is 0 Å². The van der Waals surface area contributed by atoms with Crippen molar-refractivity contribution in [2.75, 3.05) is 0 Å². The van der Waals surface area contributed by atoms with Crippen molar-refractivity contribution in [2.24, 2.45) is 5.73 Å². The molecule has 1 aliphatic rings. The fourth-order valence-corrected chi connectivity index (χ4v) is 3.16. The summed E-state index contributed by atoms with van der Waals surface area (Å²) in [5, 5.41) is 7.52. The number of nitrogens with one attached hydrogen (secondary N) is 1. The summed E-state index contributed by atoms with van der Waals surface area (Å²) < 4.78 is 2.35. The highest BCUT2D eigenvalue weighted by molar-refractivity contribution is 5.95. The fourth-order valence-electron chi connectivity index (χ4n) is 3.16. The molecule has 0 unspecified atom stereocenters. The quantitative estimate of drug-likeness (QED) is 0.671. The Morgan fingerprint density at radius 1 is 1.29 bits per heavy atom. The van der Waals surface area contributed by atoms with Crippen LogP contribution in [-0.2, 0) is 19.4 Å². The molecule has 110 valence electrons. The highest BCUT2D eigenvalue weighted by Gasteiger charge is 2.18. The van der Waals surface area contributed by atoms with Gasteiger partial charge >= 0.3 is 0 Å². The van der Waals surface area contributed by atoms with E-state index in [1.165, 1.54) is 35.4 Å². The van der Waals surface area contributed by atoms with Gasteiger partial charge in [0.15, 0.2) is 0 Å². The van der Waals surface area contributed by atoms with E-state index in [1.807, 2.05) is 12.1 Å². The molecule has 0 aliphatic heterocycles. The van der Waals surface area contributed by atoms with E-state index in [2.05, 4.69) is 24.5 Å². The zero-order valence-electron chi connectivity index (χ0n) is 12.7. The van der Waals surface area contributed by atoms with Crippen molar-refractivity contribution in [3.05, 3.63) is 52.1 Å². The minimum atomic E-state index is 0.126. The first kappa shape index (κ1) is 13.9. The Morgan fingerprint density at radius 3 is 2.76 bits per heavy atom. The molecule has 1 aromatic carbocycles. The number of fused-ring (bicyclic) bond motifs is 1. The summed E-state index contributed by atoms with van der Waals surface area (Å²) in [5.41, 5.74) is 11.5. The van der Waals surface area contributed by atoms with Gasteiger partial charge in [0.1, 0.15) is 11.7 Å². The van der Waals surface area contributed by atoms with Crippen LogP contribution in [0.25, 0.3) is 0 Å². The van der Waals surface area contributed by atoms with Gasteiger partial charge in [-0.25, -0.2) is 4.98 Å². The van der Waals surface area contributed by atoms with Crippen LogP contribution in [0.2, 0.25) is 0 Å². The molecule has 0 atom stereocenters. The van der Waals surface area contributed by atoms with Crippen molar-refractivity contribution in [3.63, 3.8) is 0 Å². The average Bonchev–Trinajstić information content (AvgIpc) is 2.77. The molecule has 3 N–H and O–H groups in total. The maximum Gasteiger partial charge on any atom is 0.122 e. The number of aryl methyl sites for hydroxylation is 3. The first-order valence-corrected chi connectivity index (χ1v) is 7.55. The second-order valence-electron chi connectivity index (χ2n) is 5.90. The van der Waals surface area contributed by atoms with Crippen molar-refractivity contribution >= 4 is 5.84 Å². The third-order valence-corrected chi connectivity index (χ3v) is 4.41. The maximum absolute atomic E-state index is 7.52. The molecule has 0 spiro atoms. The summed E-state index contributed by atoms with van der Waals surface area (Å²) in [6, 6.07) is 6.01. The van der Waals surface area contributed by atoms with Crippen LogP contribution in [0, 0.1) is 19.3 Å². The van der Waals surface area contributed by atoms with Crippen LogP contribution in [-0.4, -0.2) is 15.4 Å². The lowest BCUT2D eigenvalue weighted by molar-refractivity contribution is 0.623. The van der Waals surface area contributed by atoms with Crippen LogP contribution in [0.1, 0.15) is 46.7 Å². The summed E-state index contributed by atoms with van der Waals surface area (Å²) in [6.07, 6.45) is 4.78. The Morgan fingerprint density at radius 2 is 2.05 bits per heavy atom. The number of nitrogens with zero attached hydrogens (tertiary/aromatic N) is 2. The Balaban J connectivity index is 1.94. The number of nitrogen functional groups attached to an aromatic ring is 1. The van der Waals surface area contributed by atoms with E-state index in [-0.39, 0.29) is 5.84 Å². The number of nitrogens with two attached hydrogens (primary N) is 1. The molecular formula is C17H22N4. The van der Waals surface area contributed by atoms with Crippen molar-refractivity contribution in [3.8, 4) is 0 Å². The monoisotopic (exact) mass is 282 g/mol. The van der Waals surface area contributed by atoms with Gasteiger partial charge in [-0.15, -0.1) is 0 Å². The molecule has 1 aromatic heterocycles. The summed E-state index contributed by atoms with van der Waals surface area (Å²) in [6.45, 7) is 5.04. The van der Waals surface area contributed by atoms with E-state index in [0.717, 1.165) is 30.8 Å². The SMILES string of the molecule is Cc1cc(C(=N)N)ccc1Cn1c(C)nc2c1CCCC2.